The van der Waals surface area contributed by atoms with Gasteiger partial charge in [-0.05, 0) is 32.0 Å². The molecule has 1 aromatic carbocycles. The third-order valence-corrected chi connectivity index (χ3v) is 4.82. The van der Waals surface area contributed by atoms with E-state index < -0.39 is 0 Å². The van der Waals surface area contributed by atoms with Gasteiger partial charge in [0.2, 0.25) is 5.13 Å². The lowest BCUT2D eigenvalue weighted by molar-refractivity contribution is 0.319. The van der Waals surface area contributed by atoms with Gasteiger partial charge in [-0.2, -0.15) is 5.10 Å². The predicted molar refractivity (Wildman–Crippen MR) is 98.7 cm³/mol. The molecule has 7 heteroatoms. The van der Waals surface area contributed by atoms with E-state index in [4.69, 9.17) is 5.21 Å². The van der Waals surface area contributed by atoms with Gasteiger partial charge in [-0.15, -0.1) is 11.3 Å². The summed E-state index contributed by atoms with van der Waals surface area (Å²) in [6.45, 7) is 3.74. The van der Waals surface area contributed by atoms with Gasteiger partial charge in [0.15, 0.2) is 0 Å². The van der Waals surface area contributed by atoms with Crippen molar-refractivity contribution in [2.24, 2.45) is 5.16 Å². The summed E-state index contributed by atoms with van der Waals surface area (Å²) in [6, 6.07) is 11.7. The standard InChI is InChI=1S/C18H15N5OS/c1-11-9-19-18(25-11)23-17-8-13(6-7-14(17)10-20-23)16-5-3-4-15(21-16)12(2)22-24/h3-10,24H,1-2H3/b22-12-. The molecule has 0 saturated carbocycles. The molecule has 0 saturated heterocycles. The quantitative estimate of drug-likeness (QED) is 0.344. The van der Waals surface area contributed by atoms with Gasteiger partial charge in [-0.3, -0.25) is 0 Å². The summed E-state index contributed by atoms with van der Waals surface area (Å²) in [5.41, 5.74) is 3.88. The number of benzene rings is 1. The van der Waals surface area contributed by atoms with Crippen LogP contribution in [0.2, 0.25) is 0 Å². The summed E-state index contributed by atoms with van der Waals surface area (Å²) in [7, 11) is 0. The number of nitrogens with zero attached hydrogens (tertiary/aromatic N) is 5. The summed E-state index contributed by atoms with van der Waals surface area (Å²) >= 11 is 1.60. The molecule has 0 atom stereocenters. The Labute approximate surface area is 148 Å². The summed E-state index contributed by atoms with van der Waals surface area (Å²) in [4.78, 5) is 10.1. The average molecular weight is 349 g/mol. The molecule has 6 nitrogen and oxygen atoms in total. The largest absolute Gasteiger partial charge is 0.411 e. The maximum absolute atomic E-state index is 8.96. The van der Waals surface area contributed by atoms with E-state index in [1.54, 1.807) is 18.3 Å². The number of hydrogen-bond acceptors (Lipinski definition) is 6. The lowest BCUT2D eigenvalue weighted by Gasteiger charge is -2.05. The summed E-state index contributed by atoms with van der Waals surface area (Å²) in [6.07, 6.45) is 3.68. The Morgan fingerprint density at radius 3 is 2.84 bits per heavy atom. The zero-order valence-electron chi connectivity index (χ0n) is 13.7. The summed E-state index contributed by atoms with van der Waals surface area (Å²) in [5.74, 6) is 0. The zero-order valence-corrected chi connectivity index (χ0v) is 14.5. The number of pyridine rings is 1. The normalized spacial score (nSPS) is 12.0. The maximum Gasteiger partial charge on any atom is 0.211 e. The van der Waals surface area contributed by atoms with Crippen LogP contribution in [-0.4, -0.2) is 30.7 Å². The van der Waals surface area contributed by atoms with Crippen LogP contribution in [0.1, 0.15) is 17.5 Å². The number of hydrogen-bond donors (Lipinski definition) is 1. The number of fused-ring (bicyclic) bond motifs is 1. The third-order valence-electron chi connectivity index (χ3n) is 3.93. The van der Waals surface area contributed by atoms with Crippen LogP contribution < -0.4 is 0 Å². The van der Waals surface area contributed by atoms with Crippen LogP contribution in [-0.2, 0) is 0 Å². The van der Waals surface area contributed by atoms with Crippen LogP contribution in [0.4, 0.5) is 0 Å². The number of aryl methyl sites for hydroxylation is 1. The third kappa shape index (κ3) is 2.78. The van der Waals surface area contributed by atoms with Gasteiger partial charge < -0.3 is 5.21 Å². The second kappa shape index (κ2) is 6.10. The highest BCUT2D eigenvalue weighted by molar-refractivity contribution is 7.14. The second-order valence-corrected chi connectivity index (χ2v) is 6.89. The molecule has 3 aromatic heterocycles. The molecule has 0 bridgehead atoms. The minimum Gasteiger partial charge on any atom is -0.411 e. The van der Waals surface area contributed by atoms with Crippen molar-refractivity contribution in [2.75, 3.05) is 0 Å². The van der Waals surface area contributed by atoms with Gasteiger partial charge in [0.05, 0.1) is 23.1 Å². The molecular formula is C18H15N5OS. The highest BCUT2D eigenvalue weighted by atomic mass is 32.1. The number of thiazole rings is 1. The highest BCUT2D eigenvalue weighted by Gasteiger charge is 2.11. The Hall–Kier alpha value is -3.06. The Morgan fingerprint density at radius 1 is 1.20 bits per heavy atom. The minimum absolute atomic E-state index is 0.478. The van der Waals surface area contributed by atoms with E-state index in [9.17, 15) is 0 Å². The molecule has 0 unspecified atom stereocenters. The van der Waals surface area contributed by atoms with Crippen LogP contribution in [0, 0.1) is 6.92 Å². The molecule has 25 heavy (non-hydrogen) atoms. The van der Waals surface area contributed by atoms with Crippen molar-refractivity contribution in [3.63, 3.8) is 0 Å². The summed E-state index contributed by atoms with van der Waals surface area (Å²) in [5, 5.41) is 18.5. The van der Waals surface area contributed by atoms with Gasteiger partial charge in [0.1, 0.15) is 5.71 Å². The van der Waals surface area contributed by atoms with Gasteiger partial charge >= 0.3 is 0 Å². The average Bonchev–Trinajstić information content (AvgIpc) is 3.26. The first-order valence-corrected chi connectivity index (χ1v) is 8.54. The van der Waals surface area contributed by atoms with Gasteiger partial charge in [0.25, 0.3) is 0 Å². The number of aromatic nitrogens is 4. The lowest BCUT2D eigenvalue weighted by atomic mass is 10.1. The topological polar surface area (TPSA) is 76.2 Å². The van der Waals surface area contributed by atoms with Crippen LogP contribution in [0.25, 0.3) is 27.3 Å². The Morgan fingerprint density at radius 2 is 2.08 bits per heavy atom. The van der Waals surface area contributed by atoms with Crippen molar-refractivity contribution >= 4 is 28.0 Å². The first kappa shape index (κ1) is 15.5. The Balaban J connectivity index is 1.84. The van der Waals surface area contributed by atoms with E-state index >= 15 is 0 Å². The van der Waals surface area contributed by atoms with Crippen LogP contribution >= 0.6 is 11.3 Å². The van der Waals surface area contributed by atoms with E-state index in [0.717, 1.165) is 32.2 Å². The van der Waals surface area contributed by atoms with Crippen molar-refractivity contribution in [3.8, 4) is 16.4 Å². The smallest absolute Gasteiger partial charge is 0.211 e. The SMILES string of the molecule is C/C(=N/O)c1cccc(-c2ccc3cnn(-c4ncc(C)s4)c3c2)n1. The maximum atomic E-state index is 8.96. The molecule has 3 heterocycles. The van der Waals surface area contributed by atoms with Gasteiger partial charge in [-0.1, -0.05) is 23.4 Å². The molecular weight excluding hydrogens is 334 g/mol. The molecule has 4 rings (SSSR count). The monoisotopic (exact) mass is 349 g/mol. The molecule has 0 radical (unpaired) electrons. The molecule has 0 aliphatic carbocycles. The number of oxime groups is 1. The van der Waals surface area contributed by atoms with E-state index in [1.807, 2.05) is 54.3 Å². The van der Waals surface area contributed by atoms with E-state index in [0.29, 0.717) is 11.4 Å². The number of rotatable bonds is 3. The molecule has 1 N–H and O–H groups in total. The lowest BCUT2D eigenvalue weighted by Crippen LogP contribution is -1.99. The fraction of sp³-hybridized carbons (Fsp3) is 0.111. The fourth-order valence-corrected chi connectivity index (χ4v) is 3.35. The zero-order chi connectivity index (χ0) is 17.4. The van der Waals surface area contributed by atoms with E-state index in [1.165, 1.54) is 0 Å². The van der Waals surface area contributed by atoms with Crippen molar-refractivity contribution in [1.29, 1.82) is 0 Å². The minimum atomic E-state index is 0.478. The van der Waals surface area contributed by atoms with Crippen LogP contribution in [0.5, 0.6) is 0 Å². The highest BCUT2D eigenvalue weighted by Crippen LogP contribution is 2.26. The van der Waals surface area contributed by atoms with Crippen molar-refractivity contribution < 1.29 is 5.21 Å². The molecule has 0 spiro atoms. The van der Waals surface area contributed by atoms with Crippen molar-refractivity contribution in [1.82, 2.24) is 19.7 Å². The van der Waals surface area contributed by atoms with Gasteiger partial charge in [-0.25, -0.2) is 14.6 Å². The Kier molecular flexibility index (Phi) is 3.77. The van der Waals surface area contributed by atoms with Gasteiger partial charge in [0, 0.05) is 22.0 Å². The van der Waals surface area contributed by atoms with Crippen molar-refractivity contribution in [3.05, 3.63) is 59.4 Å². The molecule has 0 aliphatic rings. The van der Waals surface area contributed by atoms with Crippen molar-refractivity contribution in [2.45, 2.75) is 13.8 Å². The van der Waals surface area contributed by atoms with E-state index in [-0.39, 0.29) is 0 Å². The fourth-order valence-electron chi connectivity index (χ4n) is 2.62. The molecule has 4 aromatic rings. The molecule has 0 amide bonds. The Bertz CT molecular complexity index is 1100. The molecule has 0 fully saturated rings. The molecule has 124 valence electrons. The predicted octanol–water partition coefficient (Wildman–Crippen LogP) is 4.05. The van der Waals surface area contributed by atoms with Crippen LogP contribution in [0.15, 0.2) is 53.9 Å². The first-order chi connectivity index (χ1) is 12.2. The second-order valence-electron chi connectivity index (χ2n) is 5.68. The first-order valence-electron chi connectivity index (χ1n) is 7.73. The van der Waals surface area contributed by atoms with E-state index in [2.05, 4.69) is 26.3 Å². The summed E-state index contributed by atoms with van der Waals surface area (Å²) < 4.78 is 1.85. The molecule has 0 aliphatic heterocycles. The van der Waals surface area contributed by atoms with Crippen LogP contribution in [0.3, 0.4) is 0 Å².